The highest BCUT2D eigenvalue weighted by Crippen LogP contribution is 2.20. The average molecular weight is 429 g/mol. The van der Waals surface area contributed by atoms with Gasteiger partial charge in [-0.05, 0) is 61.8 Å². The van der Waals surface area contributed by atoms with Crippen LogP contribution in [0.3, 0.4) is 0 Å². The van der Waals surface area contributed by atoms with Crippen molar-refractivity contribution >= 4 is 28.9 Å². The van der Waals surface area contributed by atoms with Crippen LogP contribution in [-0.4, -0.2) is 36.9 Å². The van der Waals surface area contributed by atoms with Gasteiger partial charge < -0.3 is 19.5 Å². The standard InChI is InChI=1S/C23H28N2O4S/c1-2-3-12-27-19-9-4-7-17(14-19)22(26)25-23(30)24-18-8-5-10-20(15-18)29-16-21-11-6-13-28-21/h4-5,7-10,14-15,21H,2-3,6,11-13,16H2,1H3,(H2,24,25,26,30). The molecule has 1 fully saturated rings. The molecule has 0 aliphatic carbocycles. The van der Waals surface area contributed by atoms with Gasteiger partial charge in [0.05, 0.1) is 12.7 Å². The highest BCUT2D eigenvalue weighted by atomic mass is 32.1. The second kappa shape index (κ2) is 11.5. The van der Waals surface area contributed by atoms with Crippen LogP contribution in [0.1, 0.15) is 43.0 Å². The zero-order chi connectivity index (χ0) is 21.2. The van der Waals surface area contributed by atoms with Gasteiger partial charge in [0, 0.05) is 23.9 Å². The molecule has 2 aromatic carbocycles. The zero-order valence-corrected chi connectivity index (χ0v) is 18.0. The number of carbonyl (C=O) groups excluding carboxylic acids is 1. The van der Waals surface area contributed by atoms with Crippen molar-refractivity contribution in [2.75, 3.05) is 25.1 Å². The summed E-state index contributed by atoms with van der Waals surface area (Å²) >= 11 is 5.29. The van der Waals surface area contributed by atoms with Gasteiger partial charge in [-0.25, -0.2) is 0 Å². The minimum Gasteiger partial charge on any atom is -0.494 e. The Labute approximate surface area is 182 Å². The van der Waals surface area contributed by atoms with E-state index in [0.29, 0.717) is 24.5 Å². The van der Waals surface area contributed by atoms with Gasteiger partial charge in [0.2, 0.25) is 0 Å². The molecule has 2 N–H and O–H groups in total. The number of rotatable bonds is 9. The molecule has 0 radical (unpaired) electrons. The summed E-state index contributed by atoms with van der Waals surface area (Å²) in [6, 6.07) is 14.5. The molecule has 160 valence electrons. The summed E-state index contributed by atoms with van der Waals surface area (Å²) < 4.78 is 17.0. The van der Waals surface area contributed by atoms with E-state index in [1.165, 1.54) is 0 Å². The molecule has 1 unspecified atom stereocenters. The highest BCUT2D eigenvalue weighted by molar-refractivity contribution is 7.80. The first kappa shape index (κ1) is 22.1. The average Bonchev–Trinajstić information content (AvgIpc) is 3.26. The largest absolute Gasteiger partial charge is 0.494 e. The maximum atomic E-state index is 12.5. The molecule has 1 aliphatic rings. The van der Waals surface area contributed by atoms with E-state index in [1.807, 2.05) is 30.3 Å². The zero-order valence-electron chi connectivity index (χ0n) is 17.2. The summed E-state index contributed by atoms with van der Waals surface area (Å²) in [6.45, 7) is 4.07. The van der Waals surface area contributed by atoms with Gasteiger partial charge in [0.25, 0.3) is 5.91 Å². The van der Waals surface area contributed by atoms with Gasteiger partial charge in [-0.15, -0.1) is 0 Å². The molecule has 30 heavy (non-hydrogen) atoms. The first-order valence-corrected chi connectivity index (χ1v) is 10.7. The van der Waals surface area contributed by atoms with Crippen molar-refractivity contribution in [3.8, 4) is 11.5 Å². The molecule has 1 amide bonds. The van der Waals surface area contributed by atoms with Crippen LogP contribution in [0.25, 0.3) is 0 Å². The molecular formula is C23H28N2O4S. The number of benzene rings is 2. The third kappa shape index (κ3) is 7.00. The van der Waals surface area contributed by atoms with Gasteiger partial charge in [-0.1, -0.05) is 25.5 Å². The predicted octanol–water partition coefficient (Wildman–Crippen LogP) is 4.55. The fraction of sp³-hybridized carbons (Fsp3) is 0.391. The number of nitrogens with one attached hydrogen (secondary N) is 2. The third-order valence-electron chi connectivity index (χ3n) is 4.64. The van der Waals surface area contributed by atoms with Crippen molar-refractivity contribution in [3.05, 3.63) is 54.1 Å². The van der Waals surface area contributed by atoms with Gasteiger partial charge in [-0.2, -0.15) is 0 Å². The highest BCUT2D eigenvalue weighted by Gasteiger charge is 2.16. The first-order chi connectivity index (χ1) is 14.6. The quantitative estimate of drug-likeness (QED) is 0.451. The van der Waals surface area contributed by atoms with Crippen LogP contribution in [0.5, 0.6) is 11.5 Å². The Morgan fingerprint density at radius 1 is 1.17 bits per heavy atom. The van der Waals surface area contributed by atoms with Crippen LogP contribution in [0.15, 0.2) is 48.5 Å². The fourth-order valence-corrected chi connectivity index (χ4v) is 3.24. The molecule has 2 aromatic rings. The maximum Gasteiger partial charge on any atom is 0.257 e. The van der Waals surface area contributed by atoms with Crippen molar-refractivity contribution in [1.29, 1.82) is 0 Å². The lowest BCUT2D eigenvalue weighted by Gasteiger charge is -2.14. The van der Waals surface area contributed by atoms with Crippen molar-refractivity contribution in [2.24, 2.45) is 0 Å². The monoisotopic (exact) mass is 428 g/mol. The number of hydrogen-bond donors (Lipinski definition) is 2. The Bertz CT molecular complexity index is 853. The molecule has 1 heterocycles. The lowest BCUT2D eigenvalue weighted by molar-refractivity contribution is 0.0680. The molecule has 1 atom stereocenters. The van der Waals surface area contributed by atoms with Crippen molar-refractivity contribution < 1.29 is 19.0 Å². The van der Waals surface area contributed by atoms with Crippen molar-refractivity contribution in [3.63, 3.8) is 0 Å². The fourth-order valence-electron chi connectivity index (χ4n) is 3.03. The van der Waals surface area contributed by atoms with Crippen LogP contribution in [0.4, 0.5) is 5.69 Å². The molecule has 0 bridgehead atoms. The van der Waals surface area contributed by atoms with E-state index in [2.05, 4.69) is 17.6 Å². The maximum absolute atomic E-state index is 12.5. The summed E-state index contributed by atoms with van der Waals surface area (Å²) in [7, 11) is 0. The Morgan fingerprint density at radius 2 is 1.97 bits per heavy atom. The van der Waals surface area contributed by atoms with Gasteiger partial charge in [-0.3, -0.25) is 10.1 Å². The van der Waals surface area contributed by atoms with E-state index in [-0.39, 0.29) is 17.1 Å². The van der Waals surface area contributed by atoms with Crippen LogP contribution < -0.4 is 20.1 Å². The van der Waals surface area contributed by atoms with Gasteiger partial charge in [0.1, 0.15) is 18.1 Å². The van der Waals surface area contributed by atoms with Crippen molar-refractivity contribution in [1.82, 2.24) is 5.32 Å². The number of amides is 1. The van der Waals surface area contributed by atoms with E-state index in [0.717, 1.165) is 43.7 Å². The summed E-state index contributed by atoms with van der Waals surface area (Å²) in [5.74, 6) is 1.10. The second-order valence-electron chi connectivity index (χ2n) is 7.11. The van der Waals surface area contributed by atoms with E-state index >= 15 is 0 Å². The van der Waals surface area contributed by atoms with Gasteiger partial charge >= 0.3 is 0 Å². The summed E-state index contributed by atoms with van der Waals surface area (Å²) in [5.41, 5.74) is 1.23. The van der Waals surface area contributed by atoms with Gasteiger partial charge in [0.15, 0.2) is 5.11 Å². The molecule has 0 aromatic heterocycles. The summed E-state index contributed by atoms with van der Waals surface area (Å²) in [6.07, 6.45) is 4.29. The molecule has 1 saturated heterocycles. The number of hydrogen-bond acceptors (Lipinski definition) is 5. The predicted molar refractivity (Wildman–Crippen MR) is 121 cm³/mol. The Hall–Kier alpha value is -2.64. The SMILES string of the molecule is CCCCOc1cccc(C(=O)NC(=S)Nc2cccc(OCC3CCCO3)c2)c1. The number of carbonyl (C=O) groups is 1. The minimum absolute atomic E-state index is 0.156. The second-order valence-corrected chi connectivity index (χ2v) is 7.52. The minimum atomic E-state index is -0.292. The van der Waals surface area contributed by atoms with E-state index in [9.17, 15) is 4.79 Å². The number of unbranched alkanes of at least 4 members (excludes halogenated alkanes) is 1. The third-order valence-corrected chi connectivity index (χ3v) is 4.85. The van der Waals surface area contributed by atoms with Crippen LogP contribution in [-0.2, 0) is 4.74 Å². The molecule has 1 aliphatic heterocycles. The van der Waals surface area contributed by atoms with E-state index < -0.39 is 0 Å². The lowest BCUT2D eigenvalue weighted by atomic mass is 10.2. The van der Waals surface area contributed by atoms with E-state index in [1.54, 1.807) is 18.2 Å². The number of ether oxygens (including phenoxy) is 3. The summed E-state index contributed by atoms with van der Waals surface area (Å²) in [5, 5.41) is 5.94. The van der Waals surface area contributed by atoms with Crippen LogP contribution in [0.2, 0.25) is 0 Å². The van der Waals surface area contributed by atoms with Crippen molar-refractivity contribution in [2.45, 2.75) is 38.7 Å². The summed E-state index contributed by atoms with van der Waals surface area (Å²) in [4.78, 5) is 12.5. The molecule has 0 spiro atoms. The Morgan fingerprint density at radius 3 is 2.73 bits per heavy atom. The normalized spacial score (nSPS) is 15.4. The lowest BCUT2D eigenvalue weighted by Crippen LogP contribution is -2.34. The number of anilines is 1. The Kier molecular flexibility index (Phi) is 8.47. The molecule has 3 rings (SSSR count). The number of thiocarbonyl (C=S) groups is 1. The molecular weight excluding hydrogens is 400 g/mol. The van der Waals surface area contributed by atoms with Crippen LogP contribution in [0, 0.1) is 0 Å². The van der Waals surface area contributed by atoms with E-state index in [4.69, 9.17) is 26.4 Å². The first-order valence-electron chi connectivity index (χ1n) is 10.3. The smallest absolute Gasteiger partial charge is 0.257 e. The van der Waals surface area contributed by atoms with Crippen LogP contribution >= 0.6 is 12.2 Å². The molecule has 0 saturated carbocycles. The Balaban J connectivity index is 1.50. The topological polar surface area (TPSA) is 68.8 Å². The molecule has 6 nitrogen and oxygen atoms in total. The molecule has 7 heteroatoms.